The predicted octanol–water partition coefficient (Wildman–Crippen LogP) is 2.99. The van der Waals surface area contributed by atoms with Gasteiger partial charge in [-0.05, 0) is 37.7 Å². The second-order valence-electron chi connectivity index (χ2n) is 5.36. The van der Waals surface area contributed by atoms with Gasteiger partial charge in [-0.3, -0.25) is 5.32 Å². The Hall–Kier alpha value is -1.95. The van der Waals surface area contributed by atoms with Crippen molar-refractivity contribution in [2.75, 3.05) is 5.32 Å². The van der Waals surface area contributed by atoms with Gasteiger partial charge in [-0.15, -0.1) is 10.2 Å². The number of benzene rings is 1. The Balaban J connectivity index is 1.58. The van der Waals surface area contributed by atoms with Gasteiger partial charge in [0.1, 0.15) is 5.01 Å². The van der Waals surface area contributed by atoms with Gasteiger partial charge in [0.25, 0.3) is 0 Å². The highest BCUT2D eigenvalue weighted by Gasteiger charge is 2.32. The molecular weight excluding hydrogens is 284 g/mol. The van der Waals surface area contributed by atoms with Crippen molar-refractivity contribution in [1.29, 1.82) is 0 Å². The number of carbonyl (C=O) groups excluding carboxylic acids is 1. The smallest absolute Gasteiger partial charge is 0.321 e. The summed E-state index contributed by atoms with van der Waals surface area (Å²) in [5, 5.41) is 15.0. The van der Waals surface area contributed by atoms with E-state index in [1.54, 1.807) is 0 Å². The van der Waals surface area contributed by atoms with Crippen LogP contribution in [0.2, 0.25) is 0 Å². The largest absolute Gasteiger partial charge is 0.334 e. The van der Waals surface area contributed by atoms with Crippen molar-refractivity contribution in [2.24, 2.45) is 5.92 Å². The maximum Gasteiger partial charge on any atom is 0.321 e. The molecule has 1 aromatic heterocycles. The number of amides is 2. The molecule has 21 heavy (non-hydrogen) atoms. The van der Waals surface area contributed by atoms with Crippen LogP contribution < -0.4 is 10.6 Å². The van der Waals surface area contributed by atoms with E-state index >= 15 is 0 Å². The molecule has 1 atom stereocenters. The molecule has 0 aliphatic heterocycles. The number of carbonyl (C=O) groups is 1. The predicted molar refractivity (Wildman–Crippen MR) is 83.5 cm³/mol. The second-order valence-corrected chi connectivity index (χ2v) is 6.54. The number of aromatic nitrogens is 2. The molecule has 1 heterocycles. The highest BCUT2D eigenvalue weighted by molar-refractivity contribution is 7.15. The molecule has 1 saturated carbocycles. The Morgan fingerprint density at radius 1 is 1.33 bits per heavy atom. The highest BCUT2D eigenvalue weighted by Crippen LogP contribution is 2.34. The van der Waals surface area contributed by atoms with E-state index in [1.807, 2.05) is 25.1 Å². The summed E-state index contributed by atoms with van der Waals surface area (Å²) in [4.78, 5) is 12.1. The number of aryl methyl sites for hydroxylation is 1. The van der Waals surface area contributed by atoms with Gasteiger partial charge in [0.05, 0.1) is 0 Å². The zero-order valence-electron chi connectivity index (χ0n) is 11.9. The van der Waals surface area contributed by atoms with Crippen LogP contribution in [0, 0.1) is 12.8 Å². The lowest BCUT2D eigenvalue weighted by atomic mass is 10.0. The number of urea groups is 1. The third-order valence-electron chi connectivity index (χ3n) is 3.55. The van der Waals surface area contributed by atoms with Gasteiger partial charge in [-0.2, -0.15) is 0 Å². The zero-order valence-corrected chi connectivity index (χ0v) is 12.7. The first-order valence-corrected chi connectivity index (χ1v) is 7.94. The standard InChI is InChI=1S/C15H18N4OS/c1-10-18-19-15(21-10)17-14(20)16-13(12-7-8-12)9-11-5-3-2-4-6-11/h2-6,12-13H,7-9H2,1H3,(H2,16,17,19,20)/t13-/m0/s1. The summed E-state index contributed by atoms with van der Waals surface area (Å²) in [6.07, 6.45) is 3.25. The fourth-order valence-corrected chi connectivity index (χ4v) is 2.94. The molecule has 2 N–H and O–H groups in total. The number of nitrogens with one attached hydrogen (secondary N) is 2. The van der Waals surface area contributed by atoms with Gasteiger partial charge < -0.3 is 5.32 Å². The Kier molecular flexibility index (Phi) is 4.15. The van der Waals surface area contributed by atoms with Crippen molar-refractivity contribution >= 4 is 22.5 Å². The van der Waals surface area contributed by atoms with Crippen molar-refractivity contribution in [3.05, 3.63) is 40.9 Å². The average molecular weight is 302 g/mol. The molecule has 0 bridgehead atoms. The summed E-state index contributed by atoms with van der Waals surface area (Å²) in [6.45, 7) is 1.86. The van der Waals surface area contributed by atoms with Crippen LogP contribution in [0.15, 0.2) is 30.3 Å². The Morgan fingerprint density at radius 2 is 2.10 bits per heavy atom. The lowest BCUT2D eigenvalue weighted by molar-refractivity contribution is 0.246. The van der Waals surface area contributed by atoms with Crippen LogP contribution in [0.1, 0.15) is 23.4 Å². The van der Waals surface area contributed by atoms with Crippen molar-refractivity contribution in [3.63, 3.8) is 0 Å². The van der Waals surface area contributed by atoms with Crippen molar-refractivity contribution < 1.29 is 4.79 Å². The first kappa shape index (κ1) is 14.0. The van der Waals surface area contributed by atoms with Crippen LogP contribution >= 0.6 is 11.3 Å². The molecule has 0 unspecified atom stereocenters. The van der Waals surface area contributed by atoms with Gasteiger partial charge in [-0.1, -0.05) is 41.7 Å². The molecular formula is C15H18N4OS. The van der Waals surface area contributed by atoms with Crippen molar-refractivity contribution in [2.45, 2.75) is 32.2 Å². The van der Waals surface area contributed by atoms with E-state index < -0.39 is 0 Å². The molecule has 1 aliphatic carbocycles. The summed E-state index contributed by atoms with van der Waals surface area (Å²) in [5.41, 5.74) is 1.25. The maximum absolute atomic E-state index is 12.1. The SMILES string of the molecule is Cc1nnc(NC(=O)N[C@@H](Cc2ccccc2)C2CC2)s1. The fraction of sp³-hybridized carbons (Fsp3) is 0.400. The van der Waals surface area contributed by atoms with Gasteiger partial charge in [0.2, 0.25) is 5.13 Å². The minimum absolute atomic E-state index is 0.182. The molecule has 3 rings (SSSR count). The number of hydrogen-bond donors (Lipinski definition) is 2. The third kappa shape index (κ3) is 4.01. The monoisotopic (exact) mass is 302 g/mol. The topological polar surface area (TPSA) is 66.9 Å². The van der Waals surface area contributed by atoms with E-state index in [1.165, 1.54) is 29.7 Å². The maximum atomic E-state index is 12.1. The lowest BCUT2D eigenvalue weighted by Crippen LogP contribution is -2.40. The lowest BCUT2D eigenvalue weighted by Gasteiger charge is -2.18. The molecule has 1 aromatic carbocycles. The minimum atomic E-state index is -0.195. The summed E-state index contributed by atoms with van der Waals surface area (Å²) in [6, 6.07) is 10.3. The van der Waals surface area contributed by atoms with Crippen LogP contribution in [0.4, 0.5) is 9.93 Å². The van der Waals surface area contributed by atoms with E-state index in [9.17, 15) is 4.79 Å². The Morgan fingerprint density at radius 3 is 2.71 bits per heavy atom. The first-order chi connectivity index (χ1) is 10.2. The summed E-state index contributed by atoms with van der Waals surface area (Å²) >= 11 is 1.38. The van der Waals surface area contributed by atoms with Crippen LogP contribution in [0.25, 0.3) is 0 Å². The summed E-state index contributed by atoms with van der Waals surface area (Å²) in [5.74, 6) is 0.590. The second kappa shape index (κ2) is 6.22. The van der Waals surface area contributed by atoms with Gasteiger partial charge >= 0.3 is 6.03 Å². The summed E-state index contributed by atoms with van der Waals surface area (Å²) in [7, 11) is 0. The molecule has 5 nitrogen and oxygen atoms in total. The number of rotatable bonds is 5. The Labute approximate surface area is 127 Å². The third-order valence-corrected chi connectivity index (χ3v) is 4.31. The minimum Gasteiger partial charge on any atom is -0.334 e. The number of anilines is 1. The molecule has 1 fully saturated rings. The molecule has 0 spiro atoms. The normalized spacial score (nSPS) is 15.5. The summed E-state index contributed by atoms with van der Waals surface area (Å²) < 4.78 is 0. The molecule has 110 valence electrons. The zero-order chi connectivity index (χ0) is 14.7. The average Bonchev–Trinajstić information content (AvgIpc) is 3.23. The van der Waals surface area contributed by atoms with E-state index in [0.717, 1.165) is 11.4 Å². The van der Waals surface area contributed by atoms with Crippen molar-refractivity contribution in [3.8, 4) is 0 Å². The molecule has 2 amide bonds. The van der Waals surface area contributed by atoms with Gasteiger partial charge in [0, 0.05) is 6.04 Å². The van der Waals surface area contributed by atoms with Gasteiger partial charge in [-0.25, -0.2) is 4.79 Å². The molecule has 2 aromatic rings. The molecule has 0 radical (unpaired) electrons. The van der Waals surface area contributed by atoms with Crippen LogP contribution in [-0.4, -0.2) is 22.3 Å². The molecule has 1 aliphatic rings. The van der Waals surface area contributed by atoms with Crippen LogP contribution in [0.3, 0.4) is 0 Å². The van der Waals surface area contributed by atoms with Crippen LogP contribution in [0.5, 0.6) is 0 Å². The van der Waals surface area contributed by atoms with E-state index in [0.29, 0.717) is 11.0 Å². The van der Waals surface area contributed by atoms with Crippen molar-refractivity contribution in [1.82, 2.24) is 15.5 Å². The quantitative estimate of drug-likeness (QED) is 0.892. The first-order valence-electron chi connectivity index (χ1n) is 7.12. The number of hydrogen-bond acceptors (Lipinski definition) is 4. The van der Waals surface area contributed by atoms with Gasteiger partial charge in [0.15, 0.2) is 0 Å². The van der Waals surface area contributed by atoms with E-state index in [-0.39, 0.29) is 12.1 Å². The van der Waals surface area contributed by atoms with E-state index in [4.69, 9.17) is 0 Å². The highest BCUT2D eigenvalue weighted by atomic mass is 32.1. The Bertz CT molecular complexity index is 609. The van der Waals surface area contributed by atoms with E-state index in [2.05, 4.69) is 33.0 Å². The fourth-order valence-electron chi connectivity index (χ4n) is 2.35. The molecule has 0 saturated heterocycles. The number of nitrogens with zero attached hydrogens (tertiary/aromatic N) is 2. The van der Waals surface area contributed by atoms with Crippen LogP contribution in [-0.2, 0) is 6.42 Å². The molecule has 6 heteroatoms.